The number of hydrogen-bond acceptors (Lipinski definition) is 2. The molecule has 1 atom stereocenters. The SMILES string of the molecule is CCCC#CC(=O)CS(=O)c1ccc(C)cc1. The Morgan fingerprint density at radius 1 is 1.29 bits per heavy atom. The third-order valence-corrected chi connectivity index (χ3v) is 3.47. The summed E-state index contributed by atoms with van der Waals surface area (Å²) in [5.74, 6) is 5.01. The van der Waals surface area contributed by atoms with E-state index in [1.807, 2.05) is 26.0 Å². The summed E-state index contributed by atoms with van der Waals surface area (Å²) in [5, 5.41) is 0. The molecule has 0 radical (unpaired) electrons. The highest BCUT2D eigenvalue weighted by molar-refractivity contribution is 7.85. The van der Waals surface area contributed by atoms with Gasteiger partial charge < -0.3 is 0 Å². The molecule has 0 aromatic heterocycles. The Morgan fingerprint density at radius 2 is 1.94 bits per heavy atom. The van der Waals surface area contributed by atoms with E-state index in [1.165, 1.54) is 0 Å². The Kier molecular flexibility index (Phi) is 5.65. The number of unbranched alkanes of at least 4 members (excludes halogenated alkanes) is 1. The lowest BCUT2D eigenvalue weighted by molar-refractivity contribution is -0.111. The van der Waals surface area contributed by atoms with E-state index in [0.717, 1.165) is 12.0 Å². The molecule has 0 saturated carbocycles. The minimum Gasteiger partial charge on any atom is -0.284 e. The summed E-state index contributed by atoms with van der Waals surface area (Å²) in [6.45, 7) is 3.97. The van der Waals surface area contributed by atoms with Gasteiger partial charge in [0, 0.05) is 11.3 Å². The van der Waals surface area contributed by atoms with Crippen molar-refractivity contribution < 1.29 is 9.00 Å². The lowest BCUT2D eigenvalue weighted by Crippen LogP contribution is -2.08. The zero-order valence-corrected chi connectivity index (χ0v) is 11.0. The van der Waals surface area contributed by atoms with Gasteiger partial charge in [0.25, 0.3) is 0 Å². The van der Waals surface area contributed by atoms with Gasteiger partial charge in [0.2, 0.25) is 5.78 Å². The molecular formula is C14H16O2S. The number of carbonyl (C=O) groups excluding carboxylic acids is 1. The van der Waals surface area contributed by atoms with Gasteiger partial charge in [0.1, 0.15) is 0 Å². The van der Waals surface area contributed by atoms with Crippen LogP contribution in [-0.2, 0) is 15.6 Å². The number of Topliss-reactive ketones (excluding diaryl/α,β-unsaturated/α-hetero) is 1. The molecule has 1 rings (SSSR count). The van der Waals surface area contributed by atoms with E-state index in [9.17, 15) is 9.00 Å². The number of aryl methyl sites for hydroxylation is 1. The largest absolute Gasteiger partial charge is 0.284 e. The molecule has 1 aromatic rings. The Hall–Kier alpha value is -1.40. The van der Waals surface area contributed by atoms with Gasteiger partial charge in [-0.3, -0.25) is 9.00 Å². The molecule has 0 aliphatic carbocycles. The lowest BCUT2D eigenvalue weighted by Gasteiger charge is -1.99. The van der Waals surface area contributed by atoms with Crippen LogP contribution in [0.5, 0.6) is 0 Å². The van der Waals surface area contributed by atoms with E-state index in [2.05, 4.69) is 11.8 Å². The van der Waals surface area contributed by atoms with Crippen LogP contribution < -0.4 is 0 Å². The van der Waals surface area contributed by atoms with E-state index >= 15 is 0 Å². The molecule has 0 aliphatic heterocycles. The van der Waals surface area contributed by atoms with E-state index in [-0.39, 0.29) is 11.5 Å². The van der Waals surface area contributed by atoms with Crippen LogP contribution in [0.2, 0.25) is 0 Å². The molecule has 0 aliphatic rings. The van der Waals surface area contributed by atoms with Crippen molar-refractivity contribution in [3.8, 4) is 11.8 Å². The van der Waals surface area contributed by atoms with Gasteiger partial charge in [-0.05, 0) is 31.4 Å². The maximum absolute atomic E-state index is 11.8. The van der Waals surface area contributed by atoms with Gasteiger partial charge in [-0.1, -0.05) is 30.5 Å². The number of rotatable bonds is 4. The first-order valence-corrected chi connectivity index (χ1v) is 6.92. The van der Waals surface area contributed by atoms with Crippen LogP contribution in [0.3, 0.4) is 0 Å². The normalized spacial score (nSPS) is 11.4. The first kappa shape index (κ1) is 13.7. The molecule has 3 heteroatoms. The Bertz CT molecular complexity index is 463. The molecule has 0 spiro atoms. The van der Waals surface area contributed by atoms with Crippen molar-refractivity contribution in [2.75, 3.05) is 5.75 Å². The standard InChI is InChI=1S/C14H16O2S/c1-3-4-5-6-13(15)11-17(16)14-9-7-12(2)8-10-14/h7-10H,3-4,11H2,1-2H3. The molecule has 2 nitrogen and oxygen atoms in total. The Labute approximate surface area is 105 Å². The topological polar surface area (TPSA) is 34.1 Å². The minimum atomic E-state index is -1.28. The van der Waals surface area contributed by atoms with Crippen molar-refractivity contribution in [3.05, 3.63) is 29.8 Å². The second-order valence-corrected chi connectivity index (χ2v) is 5.23. The molecule has 0 heterocycles. The first-order chi connectivity index (χ1) is 8.13. The van der Waals surface area contributed by atoms with Crippen LogP contribution in [0.25, 0.3) is 0 Å². The average molecular weight is 248 g/mol. The highest BCUT2D eigenvalue weighted by Gasteiger charge is 2.07. The molecular weight excluding hydrogens is 232 g/mol. The van der Waals surface area contributed by atoms with Gasteiger partial charge in [0.05, 0.1) is 16.6 Å². The van der Waals surface area contributed by atoms with Crippen LogP contribution in [0.1, 0.15) is 25.3 Å². The summed E-state index contributed by atoms with van der Waals surface area (Å²) in [6, 6.07) is 7.36. The van der Waals surface area contributed by atoms with Gasteiger partial charge in [-0.25, -0.2) is 0 Å². The van der Waals surface area contributed by atoms with E-state index in [1.54, 1.807) is 12.1 Å². The lowest BCUT2D eigenvalue weighted by atomic mass is 10.2. The zero-order chi connectivity index (χ0) is 12.7. The zero-order valence-electron chi connectivity index (χ0n) is 10.2. The monoisotopic (exact) mass is 248 g/mol. The van der Waals surface area contributed by atoms with Crippen LogP contribution >= 0.6 is 0 Å². The molecule has 17 heavy (non-hydrogen) atoms. The van der Waals surface area contributed by atoms with Gasteiger partial charge >= 0.3 is 0 Å². The van der Waals surface area contributed by atoms with Crippen LogP contribution in [0.4, 0.5) is 0 Å². The number of benzene rings is 1. The van der Waals surface area contributed by atoms with Gasteiger partial charge in [0.15, 0.2) is 0 Å². The molecule has 1 unspecified atom stereocenters. The van der Waals surface area contributed by atoms with Crippen molar-refractivity contribution in [2.24, 2.45) is 0 Å². The fraction of sp³-hybridized carbons (Fsp3) is 0.357. The predicted octanol–water partition coefficient (Wildman–Crippen LogP) is 2.48. The molecule has 0 N–H and O–H groups in total. The average Bonchev–Trinajstić information content (AvgIpc) is 2.30. The summed E-state index contributed by atoms with van der Waals surface area (Å²) in [6.07, 6.45) is 1.64. The highest BCUT2D eigenvalue weighted by atomic mass is 32.2. The predicted molar refractivity (Wildman–Crippen MR) is 70.1 cm³/mol. The highest BCUT2D eigenvalue weighted by Crippen LogP contribution is 2.08. The molecule has 0 fully saturated rings. The van der Waals surface area contributed by atoms with Crippen molar-refractivity contribution in [3.63, 3.8) is 0 Å². The van der Waals surface area contributed by atoms with Gasteiger partial charge in [-0.2, -0.15) is 0 Å². The summed E-state index contributed by atoms with van der Waals surface area (Å²) >= 11 is 0. The molecule has 90 valence electrons. The van der Waals surface area contributed by atoms with Crippen LogP contribution in [0.15, 0.2) is 29.2 Å². The fourth-order valence-corrected chi connectivity index (χ4v) is 2.13. The number of ketones is 1. The summed E-state index contributed by atoms with van der Waals surface area (Å²) in [4.78, 5) is 12.1. The van der Waals surface area contributed by atoms with Crippen molar-refractivity contribution in [1.82, 2.24) is 0 Å². The quantitative estimate of drug-likeness (QED) is 0.606. The van der Waals surface area contributed by atoms with Crippen LogP contribution in [0, 0.1) is 18.8 Å². The summed E-state index contributed by atoms with van der Waals surface area (Å²) in [5.41, 5.74) is 1.11. The van der Waals surface area contributed by atoms with Crippen molar-refractivity contribution in [1.29, 1.82) is 0 Å². The Morgan fingerprint density at radius 3 is 2.53 bits per heavy atom. The fourth-order valence-electron chi connectivity index (χ4n) is 1.21. The second kappa shape index (κ2) is 7.03. The first-order valence-electron chi connectivity index (χ1n) is 5.60. The van der Waals surface area contributed by atoms with Crippen molar-refractivity contribution in [2.45, 2.75) is 31.6 Å². The summed E-state index contributed by atoms with van der Waals surface area (Å²) in [7, 11) is -1.28. The molecule has 0 saturated heterocycles. The van der Waals surface area contributed by atoms with Crippen molar-refractivity contribution >= 4 is 16.6 Å². The number of hydrogen-bond donors (Lipinski definition) is 0. The second-order valence-electron chi connectivity index (χ2n) is 3.78. The third kappa shape index (κ3) is 4.97. The minimum absolute atomic E-state index is 0.0141. The third-order valence-electron chi connectivity index (χ3n) is 2.15. The van der Waals surface area contributed by atoms with E-state index in [4.69, 9.17) is 0 Å². The maximum Gasteiger partial charge on any atom is 0.218 e. The molecule has 0 amide bonds. The van der Waals surface area contributed by atoms with E-state index < -0.39 is 10.8 Å². The van der Waals surface area contributed by atoms with E-state index in [0.29, 0.717) is 11.3 Å². The number of carbonyl (C=O) groups is 1. The smallest absolute Gasteiger partial charge is 0.218 e. The maximum atomic E-state index is 11.8. The van der Waals surface area contributed by atoms with Gasteiger partial charge in [-0.15, -0.1) is 0 Å². The molecule has 0 bridgehead atoms. The Balaban J connectivity index is 2.58. The summed E-state index contributed by atoms with van der Waals surface area (Å²) < 4.78 is 11.8. The molecule has 1 aromatic carbocycles. The van der Waals surface area contributed by atoms with Crippen LogP contribution in [-0.4, -0.2) is 15.7 Å².